The van der Waals surface area contributed by atoms with Gasteiger partial charge in [0.1, 0.15) is 16.5 Å². The molecule has 1 amide bonds. The molecule has 1 aliphatic rings. The van der Waals surface area contributed by atoms with Crippen LogP contribution in [-0.2, 0) is 11.3 Å². The Morgan fingerprint density at radius 2 is 1.77 bits per heavy atom. The fraction of sp³-hybridized carbons (Fsp3) is 0.474. The monoisotopic (exact) mass is 375 g/mol. The van der Waals surface area contributed by atoms with Crippen molar-refractivity contribution < 1.29 is 14.3 Å². The van der Waals surface area contributed by atoms with E-state index in [1.165, 1.54) is 4.88 Å². The number of hydrogen-bond acceptors (Lipinski definition) is 6. The molecule has 0 N–H and O–H groups in total. The van der Waals surface area contributed by atoms with Crippen LogP contribution in [0.5, 0.6) is 11.5 Å². The summed E-state index contributed by atoms with van der Waals surface area (Å²) >= 11 is 1.76. The van der Waals surface area contributed by atoms with E-state index in [-0.39, 0.29) is 12.5 Å². The second kappa shape index (κ2) is 8.51. The molecule has 1 aromatic carbocycles. The molecule has 3 rings (SSSR count). The summed E-state index contributed by atoms with van der Waals surface area (Å²) in [5.74, 6) is 1.47. The SMILES string of the molecule is COc1ccc(OCC(=O)N2CCN(Cc3nc(C)c(C)s3)CC2)cc1. The highest BCUT2D eigenvalue weighted by Crippen LogP contribution is 2.19. The van der Waals surface area contributed by atoms with Gasteiger partial charge in [0.2, 0.25) is 0 Å². The minimum absolute atomic E-state index is 0.0291. The molecular weight excluding hydrogens is 350 g/mol. The van der Waals surface area contributed by atoms with E-state index >= 15 is 0 Å². The first-order chi connectivity index (χ1) is 12.5. The van der Waals surface area contributed by atoms with Gasteiger partial charge in [0.25, 0.3) is 5.91 Å². The molecule has 0 radical (unpaired) electrons. The molecular formula is C19H25N3O3S. The van der Waals surface area contributed by atoms with Gasteiger partial charge in [0.15, 0.2) is 6.61 Å². The quantitative estimate of drug-likeness (QED) is 0.776. The zero-order valence-electron chi connectivity index (χ0n) is 15.5. The Kier molecular flexibility index (Phi) is 6.11. The summed E-state index contributed by atoms with van der Waals surface area (Å²) in [5.41, 5.74) is 1.12. The molecule has 1 aliphatic heterocycles. The van der Waals surface area contributed by atoms with Crippen molar-refractivity contribution in [3.63, 3.8) is 0 Å². The fourth-order valence-electron chi connectivity index (χ4n) is 2.86. The van der Waals surface area contributed by atoms with E-state index in [4.69, 9.17) is 9.47 Å². The van der Waals surface area contributed by atoms with E-state index in [0.717, 1.165) is 49.2 Å². The van der Waals surface area contributed by atoms with Crippen molar-refractivity contribution in [1.29, 1.82) is 0 Å². The molecule has 0 saturated carbocycles. The maximum Gasteiger partial charge on any atom is 0.260 e. The molecule has 140 valence electrons. The first-order valence-corrected chi connectivity index (χ1v) is 9.56. The number of carbonyl (C=O) groups is 1. The summed E-state index contributed by atoms with van der Waals surface area (Å²) in [6, 6.07) is 7.26. The maximum atomic E-state index is 12.4. The molecule has 1 saturated heterocycles. The summed E-state index contributed by atoms with van der Waals surface area (Å²) < 4.78 is 10.7. The number of aryl methyl sites for hydroxylation is 2. The third-order valence-electron chi connectivity index (χ3n) is 4.58. The molecule has 7 heteroatoms. The Morgan fingerprint density at radius 1 is 1.12 bits per heavy atom. The van der Waals surface area contributed by atoms with Crippen molar-refractivity contribution >= 4 is 17.2 Å². The predicted octanol–water partition coefficient (Wildman–Crippen LogP) is 2.49. The zero-order chi connectivity index (χ0) is 18.5. The second-order valence-electron chi connectivity index (χ2n) is 6.37. The van der Waals surface area contributed by atoms with Gasteiger partial charge < -0.3 is 14.4 Å². The average molecular weight is 375 g/mol. The Balaban J connectivity index is 1.42. The molecule has 0 aliphatic carbocycles. The van der Waals surface area contributed by atoms with Crippen LogP contribution in [0.2, 0.25) is 0 Å². The van der Waals surface area contributed by atoms with Crippen LogP contribution in [0, 0.1) is 13.8 Å². The number of aromatic nitrogens is 1. The lowest BCUT2D eigenvalue weighted by Crippen LogP contribution is -2.49. The van der Waals surface area contributed by atoms with Crippen LogP contribution < -0.4 is 9.47 Å². The Morgan fingerprint density at radius 3 is 2.35 bits per heavy atom. The van der Waals surface area contributed by atoms with Gasteiger partial charge in [-0.2, -0.15) is 0 Å². The smallest absolute Gasteiger partial charge is 0.260 e. The van der Waals surface area contributed by atoms with Crippen LogP contribution in [0.1, 0.15) is 15.6 Å². The highest BCUT2D eigenvalue weighted by atomic mass is 32.1. The predicted molar refractivity (Wildman–Crippen MR) is 102 cm³/mol. The van der Waals surface area contributed by atoms with Crippen molar-refractivity contribution in [3.05, 3.63) is 39.8 Å². The van der Waals surface area contributed by atoms with Crippen LogP contribution in [0.3, 0.4) is 0 Å². The van der Waals surface area contributed by atoms with E-state index in [1.807, 2.05) is 29.2 Å². The molecule has 1 fully saturated rings. The lowest BCUT2D eigenvalue weighted by Gasteiger charge is -2.34. The number of piperazine rings is 1. The van der Waals surface area contributed by atoms with Gasteiger partial charge in [-0.15, -0.1) is 11.3 Å². The Hall–Kier alpha value is -2.12. The van der Waals surface area contributed by atoms with Gasteiger partial charge in [0, 0.05) is 31.1 Å². The topological polar surface area (TPSA) is 54.9 Å². The highest BCUT2D eigenvalue weighted by molar-refractivity contribution is 7.11. The second-order valence-corrected chi connectivity index (χ2v) is 7.66. The van der Waals surface area contributed by atoms with Crippen LogP contribution in [0.25, 0.3) is 0 Å². The Bertz CT molecular complexity index is 717. The first kappa shape index (κ1) is 18.7. The van der Waals surface area contributed by atoms with E-state index in [2.05, 4.69) is 23.7 Å². The number of benzene rings is 1. The fourth-order valence-corrected chi connectivity index (χ4v) is 3.84. The highest BCUT2D eigenvalue weighted by Gasteiger charge is 2.22. The summed E-state index contributed by atoms with van der Waals surface area (Å²) in [5, 5.41) is 1.16. The van der Waals surface area contributed by atoms with Gasteiger partial charge in [0.05, 0.1) is 19.3 Å². The van der Waals surface area contributed by atoms with Crippen LogP contribution in [0.4, 0.5) is 0 Å². The van der Waals surface area contributed by atoms with E-state index < -0.39 is 0 Å². The van der Waals surface area contributed by atoms with Crippen LogP contribution in [0.15, 0.2) is 24.3 Å². The lowest BCUT2D eigenvalue weighted by molar-refractivity contribution is -0.135. The molecule has 6 nitrogen and oxygen atoms in total. The molecule has 0 atom stereocenters. The summed E-state index contributed by atoms with van der Waals surface area (Å²) in [7, 11) is 1.62. The number of hydrogen-bond donors (Lipinski definition) is 0. The van der Waals surface area contributed by atoms with Gasteiger partial charge in [-0.05, 0) is 38.1 Å². The standard InChI is InChI=1S/C19H25N3O3S/c1-14-15(2)26-18(20-14)12-21-8-10-22(11-9-21)19(23)13-25-17-6-4-16(24-3)5-7-17/h4-7H,8-13H2,1-3H3. The number of thiazole rings is 1. The molecule has 0 bridgehead atoms. The van der Waals surface area contributed by atoms with E-state index in [0.29, 0.717) is 5.75 Å². The van der Waals surface area contributed by atoms with Gasteiger partial charge in [-0.1, -0.05) is 0 Å². The average Bonchev–Trinajstić information content (AvgIpc) is 2.98. The number of methoxy groups -OCH3 is 1. The van der Waals surface area contributed by atoms with Gasteiger partial charge >= 0.3 is 0 Å². The summed E-state index contributed by atoms with van der Waals surface area (Å²) in [6.07, 6.45) is 0. The van der Waals surface area contributed by atoms with Crippen molar-refractivity contribution in [2.75, 3.05) is 39.9 Å². The lowest BCUT2D eigenvalue weighted by atomic mass is 10.3. The minimum Gasteiger partial charge on any atom is -0.497 e. The number of rotatable bonds is 6. The largest absolute Gasteiger partial charge is 0.497 e. The molecule has 0 spiro atoms. The van der Waals surface area contributed by atoms with E-state index in [1.54, 1.807) is 18.4 Å². The molecule has 26 heavy (non-hydrogen) atoms. The normalized spacial score (nSPS) is 15.1. The van der Waals surface area contributed by atoms with Crippen molar-refractivity contribution in [2.45, 2.75) is 20.4 Å². The van der Waals surface area contributed by atoms with Gasteiger partial charge in [-0.3, -0.25) is 9.69 Å². The zero-order valence-corrected chi connectivity index (χ0v) is 16.3. The third-order valence-corrected chi connectivity index (χ3v) is 5.64. The Labute approximate surface area is 158 Å². The van der Waals surface area contributed by atoms with Crippen molar-refractivity contribution in [2.24, 2.45) is 0 Å². The van der Waals surface area contributed by atoms with E-state index in [9.17, 15) is 4.79 Å². The van der Waals surface area contributed by atoms with Crippen molar-refractivity contribution in [3.8, 4) is 11.5 Å². The van der Waals surface area contributed by atoms with Crippen molar-refractivity contribution in [1.82, 2.24) is 14.8 Å². The minimum atomic E-state index is 0.0291. The van der Waals surface area contributed by atoms with Crippen LogP contribution >= 0.6 is 11.3 Å². The molecule has 0 unspecified atom stereocenters. The molecule has 2 aromatic rings. The summed E-state index contributed by atoms with van der Waals surface area (Å²) in [6.45, 7) is 8.28. The maximum absolute atomic E-state index is 12.4. The summed E-state index contributed by atoms with van der Waals surface area (Å²) in [4.78, 5) is 22.5. The number of amides is 1. The number of nitrogens with zero attached hydrogens (tertiary/aromatic N) is 3. The molecule has 2 heterocycles. The van der Waals surface area contributed by atoms with Gasteiger partial charge in [-0.25, -0.2) is 4.98 Å². The molecule has 1 aromatic heterocycles. The third kappa shape index (κ3) is 4.74. The van der Waals surface area contributed by atoms with Crippen LogP contribution in [-0.4, -0.2) is 60.6 Å². The first-order valence-electron chi connectivity index (χ1n) is 8.75. The number of carbonyl (C=O) groups excluding carboxylic acids is 1. The number of ether oxygens (including phenoxy) is 2.